The number of anilines is 1. The van der Waals surface area contributed by atoms with Gasteiger partial charge in [-0.25, -0.2) is 0 Å². The quantitative estimate of drug-likeness (QED) is 0.746. The number of halogens is 3. The lowest BCUT2D eigenvalue weighted by molar-refractivity contribution is -0.138. The number of carbonyl (C=O) groups excluding carboxylic acids is 1. The number of ether oxygens (including phenoxy) is 1. The summed E-state index contributed by atoms with van der Waals surface area (Å²) in [5.41, 5.74) is -0.553. The van der Waals surface area contributed by atoms with Gasteiger partial charge in [0.25, 0.3) is 5.91 Å². The molecule has 1 aliphatic rings. The summed E-state index contributed by atoms with van der Waals surface area (Å²) >= 11 is 0. The number of aliphatic hydroxyl groups excluding tert-OH is 1. The number of amides is 1. The first-order valence-corrected chi connectivity index (χ1v) is 10.4. The van der Waals surface area contributed by atoms with E-state index in [0.29, 0.717) is 11.3 Å². The van der Waals surface area contributed by atoms with Crippen LogP contribution >= 0.6 is 0 Å². The van der Waals surface area contributed by atoms with Crippen molar-refractivity contribution in [1.82, 2.24) is 4.90 Å². The fourth-order valence-corrected chi connectivity index (χ4v) is 3.93. The minimum atomic E-state index is -4.59. The van der Waals surface area contributed by atoms with Crippen molar-refractivity contribution in [3.8, 4) is 5.75 Å². The zero-order chi connectivity index (χ0) is 23.8. The normalized spacial score (nSPS) is 19.7. The largest absolute Gasteiger partial charge is 0.497 e. The zero-order valence-electron chi connectivity index (χ0n) is 18.9. The van der Waals surface area contributed by atoms with Gasteiger partial charge in [-0.1, -0.05) is 18.2 Å². The lowest BCUT2D eigenvalue weighted by atomic mass is 9.86. The molecule has 0 saturated carbocycles. The Morgan fingerprint density at radius 2 is 1.75 bits per heavy atom. The van der Waals surface area contributed by atoms with E-state index in [1.807, 2.05) is 32.8 Å². The van der Waals surface area contributed by atoms with Crippen LogP contribution in [0.4, 0.5) is 18.9 Å². The molecule has 0 spiro atoms. The molecule has 0 unspecified atom stereocenters. The summed E-state index contributed by atoms with van der Waals surface area (Å²) in [4.78, 5) is 16.6. The molecule has 1 N–H and O–H groups in total. The van der Waals surface area contributed by atoms with Gasteiger partial charge in [0, 0.05) is 23.7 Å². The Balaban J connectivity index is 2.18. The number of carbonyl (C=O) groups is 1. The third-order valence-corrected chi connectivity index (χ3v) is 6.37. The van der Waals surface area contributed by atoms with Gasteiger partial charge in [-0.3, -0.25) is 4.79 Å². The molecule has 5 nitrogen and oxygen atoms in total. The summed E-state index contributed by atoms with van der Waals surface area (Å²) in [6, 6.07) is 10.6. The Labute approximate surface area is 186 Å². The molecule has 2 aromatic rings. The number of methoxy groups -OCH3 is 1. The second kappa shape index (κ2) is 8.75. The first-order chi connectivity index (χ1) is 14.9. The number of nitrogens with zero attached hydrogens (tertiary/aromatic N) is 2. The fraction of sp³-hybridized carbons (Fsp3) is 0.458. The molecule has 0 saturated heterocycles. The second-order valence-corrected chi connectivity index (χ2v) is 8.96. The molecule has 0 radical (unpaired) electrons. The van der Waals surface area contributed by atoms with Crippen molar-refractivity contribution in [3.05, 3.63) is 59.2 Å². The summed E-state index contributed by atoms with van der Waals surface area (Å²) in [5.74, 6) is -0.865. The van der Waals surface area contributed by atoms with Crippen LogP contribution in [0.5, 0.6) is 5.75 Å². The van der Waals surface area contributed by atoms with E-state index in [0.717, 1.165) is 6.07 Å². The third-order valence-electron chi connectivity index (χ3n) is 6.37. The number of likely N-dealkylation sites (N-methyl/N-ethyl adjacent to an activating group) is 1. The number of hydrogen-bond acceptors (Lipinski definition) is 4. The first kappa shape index (κ1) is 24.1. The van der Waals surface area contributed by atoms with Crippen molar-refractivity contribution in [2.45, 2.75) is 44.0 Å². The maximum absolute atomic E-state index is 13.9. The van der Waals surface area contributed by atoms with E-state index in [2.05, 4.69) is 0 Å². The van der Waals surface area contributed by atoms with Crippen molar-refractivity contribution in [2.75, 3.05) is 32.6 Å². The first-order valence-electron chi connectivity index (χ1n) is 10.4. The lowest BCUT2D eigenvalue weighted by Gasteiger charge is -2.38. The average Bonchev–Trinajstić information content (AvgIpc) is 2.83. The van der Waals surface area contributed by atoms with Crippen LogP contribution < -0.4 is 9.64 Å². The van der Waals surface area contributed by atoms with E-state index in [4.69, 9.17) is 4.74 Å². The molecule has 1 amide bonds. The molecular formula is C24H29F3N2O3. The minimum absolute atomic E-state index is 0.0141. The molecule has 0 bridgehead atoms. The Morgan fingerprint density at radius 1 is 1.12 bits per heavy atom. The van der Waals surface area contributed by atoms with Gasteiger partial charge < -0.3 is 19.6 Å². The van der Waals surface area contributed by atoms with E-state index in [-0.39, 0.29) is 24.2 Å². The number of fused-ring (bicyclic) bond motifs is 1. The summed E-state index contributed by atoms with van der Waals surface area (Å²) < 4.78 is 47.0. The van der Waals surface area contributed by atoms with E-state index in [9.17, 15) is 23.1 Å². The predicted octanol–water partition coefficient (Wildman–Crippen LogP) is 4.09. The number of alkyl halides is 3. The minimum Gasteiger partial charge on any atom is -0.497 e. The van der Waals surface area contributed by atoms with Gasteiger partial charge in [-0.05, 0) is 69.8 Å². The lowest BCUT2D eigenvalue weighted by Crippen LogP contribution is -2.52. The van der Waals surface area contributed by atoms with Gasteiger partial charge in [0.2, 0.25) is 0 Å². The van der Waals surface area contributed by atoms with Crippen LogP contribution in [0.1, 0.15) is 36.5 Å². The second-order valence-electron chi connectivity index (χ2n) is 8.96. The van der Waals surface area contributed by atoms with Crippen LogP contribution in [0.2, 0.25) is 0 Å². The van der Waals surface area contributed by atoms with Gasteiger partial charge in [-0.15, -0.1) is 0 Å². The molecule has 0 fully saturated rings. The van der Waals surface area contributed by atoms with Crippen molar-refractivity contribution < 1.29 is 27.8 Å². The van der Waals surface area contributed by atoms with Crippen LogP contribution in [-0.4, -0.2) is 55.3 Å². The van der Waals surface area contributed by atoms with E-state index >= 15 is 0 Å². The van der Waals surface area contributed by atoms with Gasteiger partial charge in [-0.2, -0.15) is 13.2 Å². The topological polar surface area (TPSA) is 53.0 Å². The number of rotatable bonds is 5. The van der Waals surface area contributed by atoms with Gasteiger partial charge in [0.15, 0.2) is 0 Å². The third kappa shape index (κ3) is 4.61. The van der Waals surface area contributed by atoms with Gasteiger partial charge in [0.1, 0.15) is 11.9 Å². The average molecular weight is 451 g/mol. The summed E-state index contributed by atoms with van der Waals surface area (Å²) in [7, 11) is 5.19. The molecule has 32 heavy (non-hydrogen) atoms. The summed E-state index contributed by atoms with van der Waals surface area (Å²) in [5, 5.41) is 11.1. The molecule has 3 rings (SSSR count). The van der Waals surface area contributed by atoms with Gasteiger partial charge >= 0.3 is 6.18 Å². The Hall–Kier alpha value is -2.58. The highest BCUT2D eigenvalue weighted by molar-refractivity contribution is 5.99. The SMILES string of the molecule is COc1ccc([C@@H]2Cc3c(cccc3C(F)(F)F)N(CC(C)(C)N(C)C)C(=O)[C@@H]2O)cc1. The monoisotopic (exact) mass is 450 g/mol. The molecule has 0 aliphatic carbocycles. The molecule has 1 aliphatic heterocycles. The highest BCUT2D eigenvalue weighted by Crippen LogP contribution is 2.42. The van der Waals surface area contributed by atoms with E-state index < -0.39 is 35.2 Å². The van der Waals surface area contributed by atoms with Crippen molar-refractivity contribution >= 4 is 11.6 Å². The summed E-state index contributed by atoms with van der Waals surface area (Å²) in [6.45, 7) is 3.91. The van der Waals surface area contributed by atoms with Crippen LogP contribution in [0, 0.1) is 0 Å². The predicted molar refractivity (Wildman–Crippen MR) is 117 cm³/mol. The molecule has 0 aromatic heterocycles. The van der Waals surface area contributed by atoms with Crippen LogP contribution in [0.3, 0.4) is 0 Å². The number of benzene rings is 2. The van der Waals surface area contributed by atoms with Crippen LogP contribution in [-0.2, 0) is 17.4 Å². The molecule has 2 aromatic carbocycles. The Bertz CT molecular complexity index is 971. The van der Waals surface area contributed by atoms with Crippen molar-refractivity contribution in [2.24, 2.45) is 0 Å². The Morgan fingerprint density at radius 3 is 2.28 bits per heavy atom. The van der Waals surface area contributed by atoms with Gasteiger partial charge in [0.05, 0.1) is 12.7 Å². The molecular weight excluding hydrogens is 421 g/mol. The van der Waals surface area contributed by atoms with Crippen LogP contribution in [0.15, 0.2) is 42.5 Å². The zero-order valence-corrected chi connectivity index (χ0v) is 18.9. The molecule has 2 atom stereocenters. The summed E-state index contributed by atoms with van der Waals surface area (Å²) in [6.07, 6.45) is -6.20. The fourth-order valence-electron chi connectivity index (χ4n) is 3.93. The van der Waals surface area contributed by atoms with Crippen molar-refractivity contribution in [1.29, 1.82) is 0 Å². The molecule has 174 valence electrons. The smallest absolute Gasteiger partial charge is 0.416 e. The van der Waals surface area contributed by atoms with E-state index in [1.54, 1.807) is 24.3 Å². The Kier molecular flexibility index (Phi) is 6.58. The molecule has 1 heterocycles. The van der Waals surface area contributed by atoms with Crippen LogP contribution in [0.25, 0.3) is 0 Å². The highest BCUT2D eigenvalue weighted by Gasteiger charge is 2.43. The van der Waals surface area contributed by atoms with E-state index in [1.165, 1.54) is 24.1 Å². The number of hydrogen-bond donors (Lipinski definition) is 1. The number of aliphatic hydroxyl groups is 1. The molecule has 8 heteroatoms. The maximum Gasteiger partial charge on any atom is 0.416 e. The van der Waals surface area contributed by atoms with Crippen molar-refractivity contribution in [3.63, 3.8) is 0 Å². The highest BCUT2D eigenvalue weighted by atomic mass is 19.4. The standard InChI is InChI=1S/C24H29F3N2O3/c1-23(2,28(3)4)14-29-20-8-6-7-19(24(25,26)27)18(20)13-17(21(30)22(29)31)15-9-11-16(32-5)12-10-15/h6-12,17,21,30H,13-14H2,1-5H3/t17-,21+/m0/s1. The maximum atomic E-state index is 13.9.